The van der Waals surface area contributed by atoms with Crippen molar-refractivity contribution in [1.82, 2.24) is 29.4 Å². The van der Waals surface area contributed by atoms with Crippen LogP contribution in [-0.2, 0) is 6.54 Å². The van der Waals surface area contributed by atoms with E-state index >= 15 is 0 Å². The maximum Gasteiger partial charge on any atom is 0.347 e. The van der Waals surface area contributed by atoms with E-state index in [-0.39, 0.29) is 11.6 Å². The van der Waals surface area contributed by atoms with Crippen molar-refractivity contribution in [1.29, 1.82) is 0 Å². The van der Waals surface area contributed by atoms with Crippen LogP contribution in [0.15, 0.2) is 60.0 Å². The number of hydrogen-bond acceptors (Lipinski definition) is 5. The number of fused-ring (bicyclic) bond motifs is 1. The number of benzene rings is 1. The number of aromatic amines is 1. The number of nitrogens with one attached hydrogen (secondary N) is 2. The molecule has 0 aliphatic heterocycles. The van der Waals surface area contributed by atoms with Crippen molar-refractivity contribution in [2.75, 3.05) is 5.32 Å². The second-order valence-electron chi connectivity index (χ2n) is 5.42. The molecule has 2 N–H and O–H groups in total. The Morgan fingerprint density at radius 3 is 2.76 bits per heavy atom. The Bertz CT molecular complexity index is 1080. The van der Waals surface area contributed by atoms with Crippen molar-refractivity contribution in [3.8, 4) is 0 Å². The highest BCUT2D eigenvalue weighted by atomic mass is 16.2. The van der Waals surface area contributed by atoms with Gasteiger partial charge < -0.3 is 5.32 Å². The number of carbonyl (C=O) groups excluding carboxylic acids is 1. The first-order chi connectivity index (χ1) is 12.2. The number of pyridine rings is 1. The van der Waals surface area contributed by atoms with E-state index in [9.17, 15) is 9.59 Å². The summed E-state index contributed by atoms with van der Waals surface area (Å²) in [5.74, 6) is -0.306. The van der Waals surface area contributed by atoms with Gasteiger partial charge in [-0.15, -0.1) is 0 Å². The summed E-state index contributed by atoms with van der Waals surface area (Å²) in [6.45, 7) is 0.605. The van der Waals surface area contributed by atoms with Gasteiger partial charge in [0.1, 0.15) is 12.7 Å². The van der Waals surface area contributed by atoms with Gasteiger partial charge in [0.2, 0.25) is 0 Å². The molecule has 3 heterocycles. The van der Waals surface area contributed by atoms with Gasteiger partial charge >= 0.3 is 5.69 Å². The van der Waals surface area contributed by atoms with Crippen LogP contribution in [0.5, 0.6) is 0 Å². The predicted molar refractivity (Wildman–Crippen MR) is 89.3 cm³/mol. The SMILES string of the molecule is O=C(Nc1ccc(Cn2cncn2)cc1)c1ccc2n[nH]c(=O)n2c1. The molecule has 0 spiro atoms. The molecule has 4 rings (SSSR count). The number of hydrogen-bond donors (Lipinski definition) is 2. The second-order valence-corrected chi connectivity index (χ2v) is 5.42. The molecule has 0 fully saturated rings. The molecule has 0 aliphatic carbocycles. The summed E-state index contributed by atoms with van der Waals surface area (Å²) in [6.07, 6.45) is 4.58. The molecule has 0 bridgehead atoms. The van der Waals surface area contributed by atoms with Crippen molar-refractivity contribution < 1.29 is 4.79 Å². The molecule has 25 heavy (non-hydrogen) atoms. The van der Waals surface area contributed by atoms with Crippen LogP contribution in [0.25, 0.3) is 5.65 Å². The summed E-state index contributed by atoms with van der Waals surface area (Å²) >= 11 is 0. The maximum absolute atomic E-state index is 12.4. The van der Waals surface area contributed by atoms with Gasteiger partial charge in [-0.05, 0) is 29.8 Å². The molecule has 1 aromatic carbocycles. The van der Waals surface area contributed by atoms with Crippen LogP contribution in [0.3, 0.4) is 0 Å². The number of carbonyl (C=O) groups is 1. The highest BCUT2D eigenvalue weighted by molar-refractivity contribution is 6.04. The molecule has 0 atom stereocenters. The summed E-state index contributed by atoms with van der Waals surface area (Å²) in [6, 6.07) is 10.7. The molecular weight excluding hydrogens is 322 g/mol. The first-order valence-electron chi connectivity index (χ1n) is 7.48. The lowest BCUT2D eigenvalue weighted by atomic mass is 10.2. The molecule has 3 aromatic heterocycles. The third kappa shape index (κ3) is 3.02. The first kappa shape index (κ1) is 14.8. The van der Waals surface area contributed by atoms with E-state index in [0.717, 1.165) is 5.56 Å². The molecular formula is C16H13N7O2. The van der Waals surface area contributed by atoms with Crippen molar-refractivity contribution in [3.63, 3.8) is 0 Å². The van der Waals surface area contributed by atoms with Crippen molar-refractivity contribution >= 4 is 17.2 Å². The normalized spacial score (nSPS) is 10.9. The zero-order chi connectivity index (χ0) is 17.2. The molecule has 9 heteroatoms. The second kappa shape index (κ2) is 6.04. The van der Waals surface area contributed by atoms with Crippen LogP contribution in [0.1, 0.15) is 15.9 Å². The van der Waals surface area contributed by atoms with E-state index in [4.69, 9.17) is 0 Å². The minimum Gasteiger partial charge on any atom is -0.322 e. The van der Waals surface area contributed by atoms with Gasteiger partial charge in [0.05, 0.1) is 12.1 Å². The number of nitrogens with zero attached hydrogens (tertiary/aromatic N) is 5. The van der Waals surface area contributed by atoms with Gasteiger partial charge in [0.15, 0.2) is 5.65 Å². The quantitative estimate of drug-likeness (QED) is 0.576. The number of H-pyrrole nitrogens is 1. The first-order valence-corrected chi connectivity index (χ1v) is 7.48. The average molecular weight is 335 g/mol. The van der Waals surface area contributed by atoms with E-state index in [2.05, 4.69) is 25.6 Å². The molecule has 9 nitrogen and oxygen atoms in total. The Kier molecular flexibility index (Phi) is 3.58. The van der Waals surface area contributed by atoms with Crippen LogP contribution in [0.4, 0.5) is 5.69 Å². The van der Waals surface area contributed by atoms with Gasteiger partial charge in [-0.2, -0.15) is 10.2 Å². The number of aromatic nitrogens is 6. The van der Waals surface area contributed by atoms with Crippen LogP contribution < -0.4 is 11.0 Å². The van der Waals surface area contributed by atoms with Crippen molar-refractivity contribution in [3.05, 3.63) is 76.9 Å². The van der Waals surface area contributed by atoms with Crippen LogP contribution in [-0.4, -0.2) is 35.3 Å². The fourth-order valence-electron chi connectivity index (χ4n) is 2.44. The largest absolute Gasteiger partial charge is 0.347 e. The molecule has 0 aliphatic rings. The Morgan fingerprint density at radius 1 is 1.16 bits per heavy atom. The lowest BCUT2D eigenvalue weighted by molar-refractivity contribution is 0.102. The van der Waals surface area contributed by atoms with Crippen LogP contribution in [0, 0.1) is 0 Å². The minimum absolute atomic E-state index is 0.306. The van der Waals surface area contributed by atoms with Gasteiger partial charge in [-0.1, -0.05) is 12.1 Å². The number of amides is 1. The molecule has 0 unspecified atom stereocenters. The summed E-state index contributed by atoms with van der Waals surface area (Å²) in [7, 11) is 0. The number of anilines is 1. The lowest BCUT2D eigenvalue weighted by Crippen LogP contribution is -2.15. The highest BCUT2D eigenvalue weighted by Crippen LogP contribution is 2.12. The molecule has 4 aromatic rings. The molecule has 0 saturated heterocycles. The summed E-state index contributed by atoms with van der Waals surface area (Å²) < 4.78 is 3.00. The Labute approximate surface area is 141 Å². The monoisotopic (exact) mass is 335 g/mol. The maximum atomic E-state index is 12.4. The summed E-state index contributed by atoms with van der Waals surface area (Å²) in [5, 5.41) is 13.0. The third-order valence-corrected chi connectivity index (χ3v) is 3.70. The van der Waals surface area contributed by atoms with Crippen LogP contribution >= 0.6 is 0 Å². The smallest absolute Gasteiger partial charge is 0.322 e. The van der Waals surface area contributed by atoms with Crippen molar-refractivity contribution in [2.24, 2.45) is 0 Å². The Balaban J connectivity index is 1.49. The molecule has 124 valence electrons. The Morgan fingerprint density at radius 2 is 2.00 bits per heavy atom. The van der Waals surface area contributed by atoms with E-state index in [1.54, 1.807) is 23.1 Å². The fourth-order valence-corrected chi connectivity index (χ4v) is 2.44. The van der Waals surface area contributed by atoms with E-state index in [0.29, 0.717) is 23.4 Å². The topological polar surface area (TPSA) is 110 Å². The predicted octanol–water partition coefficient (Wildman–Crippen LogP) is 0.915. The molecule has 1 amide bonds. The van der Waals surface area contributed by atoms with Gasteiger partial charge in [0, 0.05) is 11.9 Å². The van der Waals surface area contributed by atoms with E-state index < -0.39 is 0 Å². The fraction of sp³-hybridized carbons (Fsp3) is 0.0625. The van der Waals surface area contributed by atoms with Crippen LogP contribution in [0.2, 0.25) is 0 Å². The average Bonchev–Trinajstić information content (AvgIpc) is 3.26. The standard InChI is InChI=1S/C16H13N7O2/c24-15(12-3-6-14-20-21-16(25)23(14)8-12)19-13-4-1-11(2-5-13)7-22-10-17-9-18-22/h1-6,8-10H,7H2,(H,19,24)(H,21,25). The van der Waals surface area contributed by atoms with Gasteiger partial charge in [0.25, 0.3) is 5.91 Å². The lowest BCUT2D eigenvalue weighted by Gasteiger charge is -2.07. The summed E-state index contributed by atoms with van der Waals surface area (Å²) in [5.41, 5.74) is 2.13. The number of rotatable bonds is 4. The summed E-state index contributed by atoms with van der Waals surface area (Å²) in [4.78, 5) is 27.8. The molecule has 0 saturated carbocycles. The third-order valence-electron chi connectivity index (χ3n) is 3.70. The highest BCUT2D eigenvalue weighted by Gasteiger charge is 2.09. The Hall–Kier alpha value is -3.75. The van der Waals surface area contributed by atoms with Crippen molar-refractivity contribution in [2.45, 2.75) is 6.54 Å². The van der Waals surface area contributed by atoms with Gasteiger partial charge in [-0.25, -0.2) is 24.0 Å². The zero-order valence-corrected chi connectivity index (χ0v) is 13.0. The zero-order valence-electron chi connectivity index (χ0n) is 13.0. The molecule has 0 radical (unpaired) electrons. The van der Waals surface area contributed by atoms with E-state index in [1.807, 2.05) is 24.3 Å². The van der Waals surface area contributed by atoms with Gasteiger partial charge in [-0.3, -0.25) is 4.79 Å². The van der Waals surface area contributed by atoms with E-state index in [1.165, 1.54) is 16.9 Å². The minimum atomic E-state index is -0.387.